The topological polar surface area (TPSA) is 44.2 Å². The number of halogens is 5. The molecule has 0 bridgehead atoms. The third-order valence-corrected chi connectivity index (χ3v) is 3.94. The molecule has 0 fully saturated rings. The Morgan fingerprint density at radius 1 is 0.880 bits per heavy atom. The maximum Gasteiger partial charge on any atom is 0.438 e. The average Bonchev–Trinajstić information content (AvgIpc) is 2.55. The molecule has 0 aliphatic heterocycles. The highest BCUT2D eigenvalue weighted by atomic mass is 35.5. The van der Waals surface area contributed by atoms with Crippen LogP contribution in [0.5, 0.6) is 17.4 Å². The number of methoxy groups -OCH3 is 1. The molecular weight excluding hydrogens is 380 g/mol. The number of alkyl halides is 3. The van der Waals surface area contributed by atoms with E-state index in [0.29, 0.717) is 5.75 Å². The van der Waals surface area contributed by atoms with Crippen LogP contribution in [-0.2, 0) is 6.18 Å². The molecule has 0 saturated heterocycles. The van der Waals surface area contributed by atoms with Gasteiger partial charge >= 0.3 is 6.18 Å². The molecule has 3 aromatic rings. The van der Waals surface area contributed by atoms with Crippen LogP contribution in [0.2, 0.25) is 10.0 Å². The highest BCUT2D eigenvalue weighted by Crippen LogP contribution is 2.38. The van der Waals surface area contributed by atoms with E-state index in [1.165, 1.54) is 31.4 Å². The van der Waals surface area contributed by atoms with E-state index < -0.39 is 17.8 Å². The number of fused-ring (bicyclic) bond motifs is 1. The zero-order chi connectivity index (χ0) is 18.2. The van der Waals surface area contributed by atoms with Gasteiger partial charge in [-0.3, -0.25) is 0 Å². The molecule has 130 valence electrons. The fourth-order valence-electron chi connectivity index (χ4n) is 2.05. The predicted octanol–water partition coefficient (Wildman–Crippen LogP) is 5.76. The maximum atomic E-state index is 13.3. The molecule has 0 amide bonds. The fourth-order valence-corrected chi connectivity index (χ4v) is 2.36. The Hall–Kier alpha value is -2.25. The second-order valence-electron chi connectivity index (χ2n) is 4.91. The summed E-state index contributed by atoms with van der Waals surface area (Å²) in [5.74, 6) is 0.0120. The van der Waals surface area contributed by atoms with Crippen molar-refractivity contribution in [3.05, 3.63) is 52.1 Å². The van der Waals surface area contributed by atoms with Crippen LogP contribution >= 0.6 is 23.2 Å². The molecule has 0 radical (unpaired) electrons. The van der Waals surface area contributed by atoms with Crippen molar-refractivity contribution in [2.24, 2.45) is 0 Å². The molecule has 9 heteroatoms. The van der Waals surface area contributed by atoms with E-state index in [1.54, 1.807) is 12.1 Å². The van der Waals surface area contributed by atoms with Crippen LogP contribution in [0.1, 0.15) is 5.69 Å². The van der Waals surface area contributed by atoms with Crippen LogP contribution < -0.4 is 9.47 Å². The van der Waals surface area contributed by atoms with Crippen molar-refractivity contribution < 1.29 is 22.6 Å². The third kappa shape index (κ3) is 3.72. The van der Waals surface area contributed by atoms with E-state index in [1.807, 2.05) is 0 Å². The first kappa shape index (κ1) is 17.6. The molecule has 2 aromatic carbocycles. The van der Waals surface area contributed by atoms with Crippen LogP contribution in [0, 0.1) is 0 Å². The average molecular weight is 389 g/mol. The summed E-state index contributed by atoms with van der Waals surface area (Å²) in [5.41, 5.74) is -1.16. The maximum absolute atomic E-state index is 13.3. The van der Waals surface area contributed by atoms with Gasteiger partial charge in [0.25, 0.3) is 5.88 Å². The zero-order valence-electron chi connectivity index (χ0n) is 12.6. The Kier molecular flexibility index (Phi) is 4.62. The molecular formula is C16H9Cl2F3N2O2. The Morgan fingerprint density at radius 3 is 1.92 bits per heavy atom. The molecule has 0 N–H and O–H groups in total. The molecule has 3 rings (SSSR count). The van der Waals surface area contributed by atoms with Gasteiger partial charge in [-0.2, -0.15) is 13.2 Å². The van der Waals surface area contributed by atoms with Crippen molar-refractivity contribution in [1.82, 2.24) is 9.97 Å². The molecule has 0 saturated carbocycles. The number of hydrogen-bond acceptors (Lipinski definition) is 4. The van der Waals surface area contributed by atoms with E-state index in [4.69, 9.17) is 32.7 Å². The number of benzene rings is 2. The summed E-state index contributed by atoms with van der Waals surface area (Å²) in [5, 5.41) is 0.235. The number of ether oxygens (including phenoxy) is 2. The normalized spacial score (nSPS) is 11.6. The van der Waals surface area contributed by atoms with E-state index in [2.05, 4.69) is 9.97 Å². The highest BCUT2D eigenvalue weighted by molar-refractivity contribution is 6.42. The summed E-state index contributed by atoms with van der Waals surface area (Å²) in [7, 11) is 1.47. The molecule has 0 spiro atoms. The van der Waals surface area contributed by atoms with Gasteiger partial charge < -0.3 is 9.47 Å². The van der Waals surface area contributed by atoms with Crippen LogP contribution in [0.15, 0.2) is 36.4 Å². The fraction of sp³-hybridized carbons (Fsp3) is 0.125. The van der Waals surface area contributed by atoms with Gasteiger partial charge in [-0.1, -0.05) is 23.2 Å². The Bertz CT molecular complexity index is 931. The van der Waals surface area contributed by atoms with Crippen LogP contribution in [-0.4, -0.2) is 17.1 Å². The van der Waals surface area contributed by atoms with Gasteiger partial charge in [-0.25, -0.2) is 9.97 Å². The van der Waals surface area contributed by atoms with Gasteiger partial charge in [0.05, 0.1) is 28.2 Å². The van der Waals surface area contributed by atoms with Gasteiger partial charge in [0.15, 0.2) is 0 Å². The lowest BCUT2D eigenvalue weighted by atomic mass is 10.2. The quantitative estimate of drug-likeness (QED) is 0.572. The van der Waals surface area contributed by atoms with Crippen LogP contribution in [0.4, 0.5) is 13.2 Å². The smallest absolute Gasteiger partial charge is 0.438 e. The van der Waals surface area contributed by atoms with Gasteiger partial charge in [0, 0.05) is 0 Å². The second kappa shape index (κ2) is 6.57. The second-order valence-corrected chi connectivity index (χ2v) is 5.72. The summed E-state index contributed by atoms with van der Waals surface area (Å²) in [4.78, 5) is 7.50. The van der Waals surface area contributed by atoms with E-state index >= 15 is 0 Å². The van der Waals surface area contributed by atoms with Gasteiger partial charge in [0.2, 0.25) is 5.69 Å². The van der Waals surface area contributed by atoms with E-state index in [9.17, 15) is 13.2 Å². The zero-order valence-corrected chi connectivity index (χ0v) is 14.1. The summed E-state index contributed by atoms with van der Waals surface area (Å²) in [6.07, 6.45) is -4.75. The molecule has 0 aliphatic rings. The first-order valence-electron chi connectivity index (χ1n) is 6.84. The molecule has 1 aromatic heterocycles. The summed E-state index contributed by atoms with van der Waals surface area (Å²) < 4.78 is 50.2. The molecule has 0 atom stereocenters. The summed E-state index contributed by atoms with van der Waals surface area (Å²) in [6.45, 7) is 0. The lowest BCUT2D eigenvalue weighted by molar-refractivity contribution is -0.142. The first-order chi connectivity index (χ1) is 11.8. The molecule has 0 unspecified atom stereocenters. The van der Waals surface area contributed by atoms with E-state index in [-0.39, 0.29) is 26.8 Å². The van der Waals surface area contributed by atoms with Crippen molar-refractivity contribution in [3.8, 4) is 17.4 Å². The number of nitrogens with zero attached hydrogens (tertiary/aromatic N) is 2. The van der Waals surface area contributed by atoms with Gasteiger partial charge in [-0.15, -0.1) is 0 Å². The standard InChI is InChI=1S/C16H9Cl2F3N2O2/c1-24-8-2-4-9(5-3-8)25-15-14(16(19,20)21)22-12-6-10(17)11(18)7-13(12)23-15/h2-7H,1H3. The van der Waals surface area contributed by atoms with Crippen molar-refractivity contribution >= 4 is 34.2 Å². The SMILES string of the molecule is COc1ccc(Oc2nc3cc(Cl)c(Cl)cc3nc2C(F)(F)F)cc1. The summed E-state index contributed by atoms with van der Waals surface area (Å²) >= 11 is 11.7. The first-order valence-corrected chi connectivity index (χ1v) is 7.59. The minimum Gasteiger partial charge on any atom is -0.497 e. The Balaban J connectivity index is 2.11. The molecule has 0 aliphatic carbocycles. The lowest BCUT2D eigenvalue weighted by Crippen LogP contribution is -2.11. The third-order valence-electron chi connectivity index (χ3n) is 3.22. The van der Waals surface area contributed by atoms with Gasteiger partial charge in [-0.05, 0) is 36.4 Å². The van der Waals surface area contributed by atoms with Crippen molar-refractivity contribution in [3.63, 3.8) is 0 Å². The van der Waals surface area contributed by atoms with Crippen molar-refractivity contribution in [2.75, 3.05) is 7.11 Å². The van der Waals surface area contributed by atoms with Gasteiger partial charge in [0.1, 0.15) is 11.5 Å². The molecule has 4 nitrogen and oxygen atoms in total. The van der Waals surface area contributed by atoms with Crippen molar-refractivity contribution in [1.29, 1.82) is 0 Å². The predicted molar refractivity (Wildman–Crippen MR) is 87.6 cm³/mol. The Labute approximate surface area is 150 Å². The Morgan fingerprint density at radius 2 is 1.40 bits per heavy atom. The highest BCUT2D eigenvalue weighted by Gasteiger charge is 2.38. The lowest BCUT2D eigenvalue weighted by Gasteiger charge is -2.13. The minimum atomic E-state index is -4.75. The van der Waals surface area contributed by atoms with Crippen LogP contribution in [0.3, 0.4) is 0 Å². The minimum absolute atomic E-state index is 0.0381. The van der Waals surface area contributed by atoms with E-state index in [0.717, 1.165) is 0 Å². The largest absolute Gasteiger partial charge is 0.497 e. The monoisotopic (exact) mass is 388 g/mol. The number of rotatable bonds is 3. The summed E-state index contributed by atoms with van der Waals surface area (Å²) in [6, 6.07) is 8.56. The van der Waals surface area contributed by atoms with Crippen molar-refractivity contribution in [2.45, 2.75) is 6.18 Å². The molecule has 1 heterocycles. The molecule has 25 heavy (non-hydrogen) atoms. The number of aromatic nitrogens is 2. The van der Waals surface area contributed by atoms with Crippen LogP contribution in [0.25, 0.3) is 11.0 Å². The number of hydrogen-bond donors (Lipinski definition) is 0.